The van der Waals surface area contributed by atoms with Gasteiger partial charge in [-0.15, -0.1) is 12.3 Å². The van der Waals surface area contributed by atoms with Crippen LogP contribution in [0.5, 0.6) is 0 Å². The molecule has 0 bridgehead atoms. The summed E-state index contributed by atoms with van der Waals surface area (Å²) in [5.41, 5.74) is 1.75. The molecule has 1 heterocycles. The number of carbonyl (C=O) groups excluding carboxylic acids is 1. The third-order valence-corrected chi connectivity index (χ3v) is 3.40. The van der Waals surface area contributed by atoms with Crippen molar-refractivity contribution >= 4 is 5.78 Å². The Bertz CT molecular complexity index is 369. The average molecular weight is 234 g/mol. The van der Waals surface area contributed by atoms with Crippen molar-refractivity contribution in [1.29, 1.82) is 0 Å². The second-order valence-electron chi connectivity index (χ2n) is 4.59. The molecule has 2 atom stereocenters. The van der Waals surface area contributed by atoms with Crippen LogP contribution < -0.4 is 0 Å². The van der Waals surface area contributed by atoms with E-state index in [1.807, 2.05) is 6.92 Å². The Morgan fingerprint density at radius 1 is 1.53 bits per heavy atom. The van der Waals surface area contributed by atoms with E-state index in [9.17, 15) is 4.79 Å². The molecule has 0 aromatic carbocycles. The first kappa shape index (κ1) is 12.3. The van der Waals surface area contributed by atoms with Gasteiger partial charge in [-0.05, 0) is 31.8 Å². The zero-order chi connectivity index (χ0) is 12.3. The molecule has 1 fully saturated rings. The van der Waals surface area contributed by atoms with Crippen LogP contribution in [0.1, 0.15) is 39.0 Å². The fourth-order valence-electron chi connectivity index (χ4n) is 2.35. The Morgan fingerprint density at radius 2 is 2.35 bits per heavy atom. The highest BCUT2D eigenvalue weighted by atomic mass is 16.7. The molecule has 17 heavy (non-hydrogen) atoms. The van der Waals surface area contributed by atoms with Crippen LogP contribution in [-0.2, 0) is 14.3 Å². The van der Waals surface area contributed by atoms with E-state index >= 15 is 0 Å². The quantitative estimate of drug-likeness (QED) is 0.702. The van der Waals surface area contributed by atoms with Crippen LogP contribution in [0.4, 0.5) is 0 Å². The van der Waals surface area contributed by atoms with E-state index < -0.39 is 0 Å². The average Bonchev–Trinajstić information content (AvgIpc) is 2.59. The molecule has 1 aliphatic carbocycles. The van der Waals surface area contributed by atoms with Crippen LogP contribution in [0.25, 0.3) is 0 Å². The topological polar surface area (TPSA) is 35.5 Å². The lowest BCUT2D eigenvalue weighted by atomic mass is 10.1. The molecule has 0 aromatic heterocycles. The third-order valence-electron chi connectivity index (χ3n) is 3.40. The molecular weight excluding hydrogens is 216 g/mol. The van der Waals surface area contributed by atoms with Crippen LogP contribution in [0.15, 0.2) is 11.1 Å². The number of ketones is 1. The first-order valence-corrected chi connectivity index (χ1v) is 6.15. The standard InChI is InChI=1S/C14H18O3/c1-3-6-11-10(2)13(9-12(11)15)17-14-7-4-5-8-16-14/h1,13-14H,4-9H2,2H3. The minimum atomic E-state index is -0.151. The largest absolute Gasteiger partial charge is 0.353 e. The predicted molar refractivity (Wildman–Crippen MR) is 64.2 cm³/mol. The zero-order valence-electron chi connectivity index (χ0n) is 10.2. The number of hydrogen-bond donors (Lipinski definition) is 0. The molecule has 2 unspecified atom stereocenters. The smallest absolute Gasteiger partial charge is 0.162 e. The molecule has 1 aliphatic heterocycles. The van der Waals surface area contributed by atoms with Gasteiger partial charge in [0.2, 0.25) is 0 Å². The van der Waals surface area contributed by atoms with Gasteiger partial charge in [0, 0.05) is 25.0 Å². The lowest BCUT2D eigenvalue weighted by molar-refractivity contribution is -0.180. The van der Waals surface area contributed by atoms with E-state index in [1.54, 1.807) is 0 Å². The van der Waals surface area contributed by atoms with Gasteiger partial charge in [0.05, 0.1) is 6.10 Å². The van der Waals surface area contributed by atoms with Crippen molar-refractivity contribution in [1.82, 2.24) is 0 Å². The highest BCUT2D eigenvalue weighted by molar-refractivity contribution is 5.99. The molecule has 2 aliphatic rings. The molecule has 2 rings (SSSR count). The zero-order valence-corrected chi connectivity index (χ0v) is 10.2. The Balaban J connectivity index is 1.98. The van der Waals surface area contributed by atoms with Crippen molar-refractivity contribution in [2.24, 2.45) is 0 Å². The molecule has 0 aromatic rings. The summed E-state index contributed by atoms with van der Waals surface area (Å²) < 4.78 is 11.4. The Labute approximate surface area is 102 Å². The number of rotatable bonds is 3. The van der Waals surface area contributed by atoms with Crippen LogP contribution >= 0.6 is 0 Å². The summed E-state index contributed by atoms with van der Waals surface area (Å²) in [6.07, 6.45) is 8.96. The maximum absolute atomic E-state index is 11.8. The number of carbonyl (C=O) groups is 1. The SMILES string of the molecule is C#CCC1=C(C)C(OC2CCCCO2)CC1=O. The van der Waals surface area contributed by atoms with E-state index in [0.29, 0.717) is 12.8 Å². The number of hydrogen-bond acceptors (Lipinski definition) is 3. The lowest BCUT2D eigenvalue weighted by Crippen LogP contribution is -2.27. The van der Waals surface area contributed by atoms with Crippen molar-refractivity contribution in [2.45, 2.75) is 51.4 Å². The molecule has 1 saturated heterocycles. The summed E-state index contributed by atoms with van der Waals surface area (Å²) >= 11 is 0. The summed E-state index contributed by atoms with van der Waals surface area (Å²) in [5, 5.41) is 0. The third kappa shape index (κ3) is 2.77. The summed E-state index contributed by atoms with van der Waals surface area (Å²) in [6.45, 7) is 2.69. The highest BCUT2D eigenvalue weighted by Crippen LogP contribution is 2.30. The monoisotopic (exact) mass is 234 g/mol. The van der Waals surface area contributed by atoms with E-state index in [1.165, 1.54) is 0 Å². The predicted octanol–water partition coefficient (Wildman–Crippen LogP) is 2.21. The van der Waals surface area contributed by atoms with Crippen molar-refractivity contribution in [3.05, 3.63) is 11.1 Å². The van der Waals surface area contributed by atoms with Gasteiger partial charge in [-0.1, -0.05) is 0 Å². The normalized spacial score (nSPS) is 29.5. The molecular formula is C14H18O3. The Kier molecular flexibility index (Phi) is 3.98. The summed E-state index contributed by atoms with van der Waals surface area (Å²) in [6, 6.07) is 0. The number of terminal acetylenes is 1. The van der Waals surface area contributed by atoms with Crippen molar-refractivity contribution < 1.29 is 14.3 Å². The number of allylic oxidation sites excluding steroid dienone is 1. The van der Waals surface area contributed by atoms with E-state index in [0.717, 1.165) is 37.0 Å². The van der Waals surface area contributed by atoms with Gasteiger partial charge in [0.25, 0.3) is 0 Å². The minimum absolute atomic E-state index is 0.126. The van der Waals surface area contributed by atoms with Gasteiger partial charge in [0.1, 0.15) is 0 Å². The molecule has 0 radical (unpaired) electrons. The van der Waals surface area contributed by atoms with Crippen LogP contribution in [0.2, 0.25) is 0 Å². The van der Waals surface area contributed by atoms with Gasteiger partial charge in [0.15, 0.2) is 12.1 Å². The lowest BCUT2D eigenvalue weighted by Gasteiger charge is -2.26. The van der Waals surface area contributed by atoms with E-state index in [4.69, 9.17) is 15.9 Å². The first-order valence-electron chi connectivity index (χ1n) is 6.15. The van der Waals surface area contributed by atoms with Gasteiger partial charge < -0.3 is 9.47 Å². The van der Waals surface area contributed by atoms with Crippen LogP contribution in [-0.4, -0.2) is 24.8 Å². The fraction of sp³-hybridized carbons (Fsp3) is 0.643. The molecule has 0 spiro atoms. The molecule has 0 saturated carbocycles. The summed E-state index contributed by atoms with van der Waals surface area (Å²) in [4.78, 5) is 11.8. The molecule has 0 amide bonds. The Hall–Kier alpha value is -1.11. The molecule has 3 nitrogen and oxygen atoms in total. The van der Waals surface area contributed by atoms with Gasteiger partial charge in [-0.3, -0.25) is 4.79 Å². The molecule has 3 heteroatoms. The molecule has 92 valence electrons. The molecule has 0 N–H and O–H groups in total. The Morgan fingerprint density at radius 3 is 3.00 bits per heavy atom. The van der Waals surface area contributed by atoms with Crippen LogP contribution in [0.3, 0.4) is 0 Å². The fourth-order valence-corrected chi connectivity index (χ4v) is 2.35. The second-order valence-corrected chi connectivity index (χ2v) is 4.59. The van der Waals surface area contributed by atoms with Crippen molar-refractivity contribution in [3.8, 4) is 12.3 Å². The minimum Gasteiger partial charge on any atom is -0.353 e. The maximum Gasteiger partial charge on any atom is 0.162 e. The highest BCUT2D eigenvalue weighted by Gasteiger charge is 2.32. The van der Waals surface area contributed by atoms with Crippen LogP contribution in [0, 0.1) is 12.3 Å². The number of Topliss-reactive ketones (excluding diaryl/α,β-unsaturated/α-hetero) is 1. The first-order chi connectivity index (χ1) is 8.22. The van der Waals surface area contributed by atoms with Crippen molar-refractivity contribution in [2.75, 3.05) is 6.61 Å². The second kappa shape index (κ2) is 5.48. The van der Waals surface area contributed by atoms with Gasteiger partial charge >= 0.3 is 0 Å². The van der Waals surface area contributed by atoms with E-state index in [-0.39, 0.29) is 18.2 Å². The number of ether oxygens (including phenoxy) is 2. The van der Waals surface area contributed by atoms with Crippen molar-refractivity contribution in [3.63, 3.8) is 0 Å². The summed E-state index contributed by atoms with van der Waals surface area (Å²) in [5.74, 6) is 2.66. The van der Waals surface area contributed by atoms with Gasteiger partial charge in [-0.2, -0.15) is 0 Å². The van der Waals surface area contributed by atoms with E-state index in [2.05, 4.69) is 5.92 Å². The van der Waals surface area contributed by atoms with Gasteiger partial charge in [-0.25, -0.2) is 0 Å². The summed E-state index contributed by atoms with van der Waals surface area (Å²) in [7, 11) is 0. The maximum atomic E-state index is 11.8.